The Kier molecular flexibility index (Phi) is 7.24. The molecular weight excluding hydrogens is 465 g/mol. The van der Waals surface area contributed by atoms with Crippen molar-refractivity contribution in [2.45, 2.75) is 10.6 Å². The third-order valence-electron chi connectivity index (χ3n) is 5.78. The fraction of sp³-hybridized carbons (Fsp3) is 0.240. The van der Waals surface area contributed by atoms with Crippen LogP contribution in [0.1, 0.15) is 15.9 Å². The van der Waals surface area contributed by atoms with Crippen molar-refractivity contribution in [1.82, 2.24) is 4.90 Å². The van der Waals surface area contributed by atoms with Crippen molar-refractivity contribution in [3.05, 3.63) is 83.2 Å². The van der Waals surface area contributed by atoms with Gasteiger partial charge < -0.3 is 9.80 Å². The van der Waals surface area contributed by atoms with Crippen molar-refractivity contribution >= 4 is 36.0 Å². The summed E-state index contributed by atoms with van der Waals surface area (Å²) in [5, 5.41) is 0. The SMILES string of the molecule is CSc1ccc(-c2ccc(F)cc2F)c(C(=O)N2CCN(c3ccc(CS)cc3F)CC2)c1. The van der Waals surface area contributed by atoms with E-state index in [1.54, 1.807) is 23.1 Å². The van der Waals surface area contributed by atoms with E-state index in [9.17, 15) is 18.0 Å². The van der Waals surface area contributed by atoms with Gasteiger partial charge in [-0.15, -0.1) is 11.8 Å². The lowest BCUT2D eigenvalue weighted by Crippen LogP contribution is -2.49. The monoisotopic (exact) mass is 488 g/mol. The number of thioether (sulfide) groups is 1. The summed E-state index contributed by atoms with van der Waals surface area (Å²) in [7, 11) is 0. The second-order valence-corrected chi connectivity index (χ2v) is 8.95. The normalized spacial score (nSPS) is 14.0. The van der Waals surface area contributed by atoms with Crippen molar-refractivity contribution in [2.75, 3.05) is 37.3 Å². The number of benzene rings is 3. The molecule has 0 aromatic heterocycles. The lowest BCUT2D eigenvalue weighted by atomic mass is 9.98. The number of nitrogens with zero attached hydrogens (tertiary/aromatic N) is 2. The Balaban J connectivity index is 1.57. The maximum atomic E-state index is 14.5. The molecule has 1 amide bonds. The highest BCUT2D eigenvalue weighted by molar-refractivity contribution is 7.98. The van der Waals surface area contributed by atoms with Crippen LogP contribution in [0.4, 0.5) is 18.9 Å². The molecule has 0 radical (unpaired) electrons. The molecule has 1 aliphatic rings. The molecule has 33 heavy (non-hydrogen) atoms. The van der Waals surface area contributed by atoms with Gasteiger partial charge in [0.2, 0.25) is 0 Å². The first-order valence-corrected chi connectivity index (χ1v) is 12.3. The molecule has 172 valence electrons. The van der Waals surface area contributed by atoms with E-state index in [2.05, 4.69) is 12.6 Å². The molecule has 0 saturated carbocycles. The van der Waals surface area contributed by atoms with E-state index in [0.29, 0.717) is 48.7 Å². The number of thiol groups is 1. The third kappa shape index (κ3) is 5.01. The van der Waals surface area contributed by atoms with Crippen LogP contribution >= 0.6 is 24.4 Å². The zero-order valence-corrected chi connectivity index (χ0v) is 19.7. The quantitative estimate of drug-likeness (QED) is 0.358. The first-order chi connectivity index (χ1) is 15.9. The van der Waals surface area contributed by atoms with E-state index < -0.39 is 11.6 Å². The number of anilines is 1. The molecule has 8 heteroatoms. The highest BCUT2D eigenvalue weighted by Crippen LogP contribution is 2.31. The molecule has 3 aromatic rings. The van der Waals surface area contributed by atoms with Crippen LogP contribution < -0.4 is 4.90 Å². The van der Waals surface area contributed by atoms with Gasteiger partial charge in [0.05, 0.1) is 5.69 Å². The van der Waals surface area contributed by atoms with Gasteiger partial charge in [0.25, 0.3) is 5.91 Å². The predicted molar refractivity (Wildman–Crippen MR) is 131 cm³/mol. The summed E-state index contributed by atoms with van der Waals surface area (Å²) in [6.45, 7) is 1.76. The second kappa shape index (κ2) is 10.1. The maximum absolute atomic E-state index is 14.5. The van der Waals surface area contributed by atoms with Gasteiger partial charge in [-0.3, -0.25) is 4.79 Å². The van der Waals surface area contributed by atoms with Gasteiger partial charge in [-0.2, -0.15) is 12.6 Å². The smallest absolute Gasteiger partial charge is 0.254 e. The molecule has 3 aromatic carbocycles. The van der Waals surface area contributed by atoms with Crippen LogP contribution in [-0.4, -0.2) is 43.2 Å². The summed E-state index contributed by atoms with van der Waals surface area (Å²) in [4.78, 5) is 17.9. The van der Waals surface area contributed by atoms with Crippen LogP contribution in [-0.2, 0) is 5.75 Å². The van der Waals surface area contributed by atoms with Gasteiger partial charge in [0.15, 0.2) is 0 Å². The molecule has 1 saturated heterocycles. The van der Waals surface area contributed by atoms with Gasteiger partial charge >= 0.3 is 0 Å². The first-order valence-electron chi connectivity index (χ1n) is 10.5. The minimum absolute atomic E-state index is 0.178. The number of hydrogen-bond acceptors (Lipinski definition) is 4. The minimum atomic E-state index is -0.717. The molecule has 0 spiro atoms. The van der Waals surface area contributed by atoms with E-state index in [4.69, 9.17) is 0 Å². The Morgan fingerprint density at radius 1 is 0.909 bits per heavy atom. The van der Waals surface area contributed by atoms with Crippen molar-refractivity contribution in [3.63, 3.8) is 0 Å². The van der Waals surface area contributed by atoms with Gasteiger partial charge in [0, 0.05) is 54.0 Å². The molecule has 1 fully saturated rings. The number of amides is 1. The maximum Gasteiger partial charge on any atom is 0.254 e. The molecule has 1 aliphatic heterocycles. The number of carbonyl (C=O) groups is 1. The summed E-state index contributed by atoms with van der Waals surface area (Å²) in [6.07, 6.45) is 1.90. The number of carbonyl (C=O) groups excluding carboxylic acids is 1. The average Bonchev–Trinajstić information content (AvgIpc) is 2.83. The van der Waals surface area contributed by atoms with Gasteiger partial charge in [-0.1, -0.05) is 12.1 Å². The van der Waals surface area contributed by atoms with Crippen LogP contribution in [0.5, 0.6) is 0 Å². The summed E-state index contributed by atoms with van der Waals surface area (Å²) in [5.41, 5.74) is 2.28. The van der Waals surface area contributed by atoms with Crippen LogP contribution in [0.25, 0.3) is 11.1 Å². The number of rotatable bonds is 5. The molecule has 0 bridgehead atoms. The van der Waals surface area contributed by atoms with E-state index in [0.717, 1.165) is 16.5 Å². The summed E-state index contributed by atoms with van der Waals surface area (Å²) in [6, 6.07) is 13.7. The molecule has 4 rings (SSSR count). The highest BCUT2D eigenvalue weighted by atomic mass is 32.2. The zero-order valence-electron chi connectivity index (χ0n) is 18.0. The molecule has 0 atom stereocenters. The summed E-state index contributed by atoms with van der Waals surface area (Å²) >= 11 is 5.66. The van der Waals surface area contributed by atoms with Crippen LogP contribution in [0.3, 0.4) is 0 Å². The van der Waals surface area contributed by atoms with Crippen molar-refractivity contribution in [1.29, 1.82) is 0 Å². The van der Waals surface area contributed by atoms with Gasteiger partial charge in [-0.05, 0) is 53.8 Å². The Morgan fingerprint density at radius 2 is 1.64 bits per heavy atom. The molecule has 0 N–H and O–H groups in total. The van der Waals surface area contributed by atoms with Gasteiger partial charge in [0.1, 0.15) is 17.5 Å². The van der Waals surface area contributed by atoms with E-state index in [-0.39, 0.29) is 17.3 Å². The Morgan fingerprint density at radius 3 is 2.27 bits per heavy atom. The third-order valence-corrected chi connectivity index (χ3v) is 6.87. The molecular formula is C25H23F3N2OS2. The fourth-order valence-electron chi connectivity index (χ4n) is 4.00. The lowest BCUT2D eigenvalue weighted by molar-refractivity contribution is 0.0747. The minimum Gasteiger partial charge on any atom is -0.366 e. The molecule has 1 heterocycles. The molecule has 0 aliphatic carbocycles. The van der Waals surface area contributed by atoms with Crippen LogP contribution in [0.15, 0.2) is 59.5 Å². The fourth-order valence-corrected chi connectivity index (χ4v) is 4.63. The molecule has 3 nitrogen and oxygen atoms in total. The Labute approximate surface area is 201 Å². The second-order valence-electron chi connectivity index (χ2n) is 7.76. The summed E-state index contributed by atoms with van der Waals surface area (Å²) < 4.78 is 42.5. The van der Waals surface area contributed by atoms with Crippen molar-refractivity contribution < 1.29 is 18.0 Å². The largest absolute Gasteiger partial charge is 0.366 e. The van der Waals surface area contributed by atoms with Crippen LogP contribution in [0.2, 0.25) is 0 Å². The van der Waals surface area contributed by atoms with E-state index in [1.807, 2.05) is 23.3 Å². The summed E-state index contributed by atoms with van der Waals surface area (Å²) in [5.74, 6) is -1.45. The zero-order chi connectivity index (χ0) is 23.5. The number of halogens is 3. The van der Waals surface area contributed by atoms with E-state index >= 15 is 0 Å². The first kappa shape index (κ1) is 23.6. The number of piperazine rings is 1. The predicted octanol–water partition coefficient (Wildman–Crippen LogP) is 5.89. The van der Waals surface area contributed by atoms with Gasteiger partial charge in [-0.25, -0.2) is 13.2 Å². The highest BCUT2D eigenvalue weighted by Gasteiger charge is 2.26. The topological polar surface area (TPSA) is 23.6 Å². The van der Waals surface area contributed by atoms with E-state index in [1.165, 1.54) is 30.0 Å². The standard InChI is InChI=1S/C25H23F3N2OS2/c1-33-18-4-6-19(20-5-3-17(26)13-22(20)27)21(14-18)25(31)30-10-8-29(9-11-30)24-7-2-16(15-32)12-23(24)28/h2-7,12-14,32H,8-11,15H2,1H3. The number of hydrogen-bond donors (Lipinski definition) is 1. The lowest BCUT2D eigenvalue weighted by Gasteiger charge is -2.36. The average molecular weight is 489 g/mol. The van der Waals surface area contributed by atoms with Crippen molar-refractivity contribution in [3.8, 4) is 11.1 Å². The Bertz CT molecular complexity index is 1180. The molecule has 0 unspecified atom stereocenters. The van der Waals surface area contributed by atoms with Crippen molar-refractivity contribution in [2.24, 2.45) is 0 Å². The Hall–Kier alpha value is -2.58. The van der Waals surface area contributed by atoms with Crippen LogP contribution in [0, 0.1) is 17.5 Å².